The Hall–Kier alpha value is -2.24. The zero-order valence-electron chi connectivity index (χ0n) is 13.8. The number of hydrogen-bond donors (Lipinski definition) is 1. The zero-order valence-corrected chi connectivity index (χ0v) is 13.8. The molecular formula is C16H24N2O4. The van der Waals surface area contributed by atoms with E-state index in [4.69, 9.17) is 9.47 Å². The van der Waals surface area contributed by atoms with Gasteiger partial charge in [-0.05, 0) is 45.0 Å². The highest BCUT2D eigenvalue weighted by molar-refractivity contribution is 5.91. The first kappa shape index (κ1) is 17.8. The lowest BCUT2D eigenvalue weighted by atomic mass is 10.2. The predicted molar refractivity (Wildman–Crippen MR) is 85.3 cm³/mol. The Balaban J connectivity index is 2.58. The maximum atomic E-state index is 11.8. The Morgan fingerprint density at radius 1 is 1.18 bits per heavy atom. The fourth-order valence-corrected chi connectivity index (χ4v) is 1.81. The second-order valence-corrected chi connectivity index (χ2v) is 5.80. The highest BCUT2D eigenvalue weighted by Gasteiger charge is 2.17. The number of amides is 2. The highest BCUT2D eigenvalue weighted by Crippen LogP contribution is 2.19. The molecule has 122 valence electrons. The molecule has 0 spiro atoms. The molecule has 0 radical (unpaired) electrons. The maximum absolute atomic E-state index is 11.8. The van der Waals surface area contributed by atoms with Crippen molar-refractivity contribution in [1.82, 2.24) is 5.32 Å². The molecule has 0 bridgehead atoms. The number of carbonyl (C=O) groups excluding carboxylic acids is 2. The lowest BCUT2D eigenvalue weighted by Crippen LogP contribution is -2.39. The molecule has 0 heterocycles. The first-order valence-corrected chi connectivity index (χ1v) is 7.12. The standard InChI is InChI=1S/C16H24N2O4/c1-12(19)18(13-6-8-14(21-5)9-7-13)11-10-17-15(20)22-16(2,3)4/h6-9H,10-11H2,1-5H3,(H,17,20). The third kappa shape index (κ3) is 6.03. The van der Waals surface area contributed by atoms with Gasteiger partial charge in [-0.15, -0.1) is 0 Å². The number of alkyl carbamates (subject to hydrolysis) is 1. The molecule has 0 saturated heterocycles. The van der Waals surface area contributed by atoms with Gasteiger partial charge in [0, 0.05) is 25.7 Å². The van der Waals surface area contributed by atoms with Crippen LogP contribution in [-0.2, 0) is 9.53 Å². The average Bonchev–Trinajstić information content (AvgIpc) is 2.41. The largest absolute Gasteiger partial charge is 0.497 e. The van der Waals surface area contributed by atoms with Crippen LogP contribution < -0.4 is 15.0 Å². The van der Waals surface area contributed by atoms with Gasteiger partial charge in [-0.25, -0.2) is 4.79 Å². The van der Waals surface area contributed by atoms with Gasteiger partial charge < -0.3 is 19.7 Å². The van der Waals surface area contributed by atoms with Gasteiger partial charge in [0.25, 0.3) is 0 Å². The second-order valence-electron chi connectivity index (χ2n) is 5.80. The number of nitrogens with one attached hydrogen (secondary N) is 1. The number of rotatable bonds is 5. The second kappa shape index (κ2) is 7.68. The van der Waals surface area contributed by atoms with Crippen molar-refractivity contribution in [3.05, 3.63) is 24.3 Å². The lowest BCUT2D eigenvalue weighted by molar-refractivity contribution is -0.116. The summed E-state index contributed by atoms with van der Waals surface area (Å²) in [6.07, 6.45) is -0.495. The molecule has 1 aromatic rings. The number of carbonyl (C=O) groups is 2. The third-order valence-corrected chi connectivity index (χ3v) is 2.77. The van der Waals surface area contributed by atoms with Gasteiger partial charge in [-0.2, -0.15) is 0 Å². The van der Waals surface area contributed by atoms with E-state index in [1.54, 1.807) is 57.0 Å². The average molecular weight is 308 g/mol. The molecule has 6 nitrogen and oxygen atoms in total. The van der Waals surface area contributed by atoms with Crippen LogP contribution in [0.5, 0.6) is 5.75 Å². The van der Waals surface area contributed by atoms with Crippen LogP contribution in [0.1, 0.15) is 27.7 Å². The van der Waals surface area contributed by atoms with Gasteiger partial charge in [-0.3, -0.25) is 4.79 Å². The Morgan fingerprint density at radius 3 is 2.23 bits per heavy atom. The monoisotopic (exact) mass is 308 g/mol. The van der Waals surface area contributed by atoms with Gasteiger partial charge in [0.1, 0.15) is 11.4 Å². The normalized spacial score (nSPS) is 10.8. The van der Waals surface area contributed by atoms with Crippen molar-refractivity contribution < 1.29 is 19.1 Å². The van der Waals surface area contributed by atoms with Crippen LogP contribution in [0.3, 0.4) is 0 Å². The Labute approximate surface area is 131 Å². The maximum Gasteiger partial charge on any atom is 0.407 e. The van der Waals surface area contributed by atoms with Gasteiger partial charge in [-0.1, -0.05) is 0 Å². The number of nitrogens with zero attached hydrogens (tertiary/aromatic N) is 1. The molecule has 6 heteroatoms. The molecule has 0 aliphatic carbocycles. The fourth-order valence-electron chi connectivity index (χ4n) is 1.81. The minimum atomic E-state index is -0.541. The molecule has 0 atom stereocenters. The molecule has 1 rings (SSSR count). The molecule has 0 fully saturated rings. The number of hydrogen-bond acceptors (Lipinski definition) is 4. The predicted octanol–water partition coefficient (Wildman–Crippen LogP) is 2.57. The highest BCUT2D eigenvalue weighted by atomic mass is 16.6. The van der Waals surface area contributed by atoms with Gasteiger partial charge in [0.2, 0.25) is 5.91 Å². The van der Waals surface area contributed by atoms with Crippen LogP contribution in [0.4, 0.5) is 10.5 Å². The molecule has 0 saturated carbocycles. The topological polar surface area (TPSA) is 67.9 Å². The summed E-state index contributed by atoms with van der Waals surface area (Å²) >= 11 is 0. The molecule has 0 aliphatic heterocycles. The van der Waals surface area contributed by atoms with Crippen LogP contribution in [0.15, 0.2) is 24.3 Å². The van der Waals surface area contributed by atoms with E-state index in [1.807, 2.05) is 0 Å². The summed E-state index contributed by atoms with van der Waals surface area (Å²) in [5.74, 6) is 0.621. The molecule has 2 amide bonds. The van der Waals surface area contributed by atoms with Crippen LogP contribution >= 0.6 is 0 Å². The van der Waals surface area contributed by atoms with Crippen molar-refractivity contribution in [2.45, 2.75) is 33.3 Å². The Bertz CT molecular complexity index is 506. The van der Waals surface area contributed by atoms with E-state index in [-0.39, 0.29) is 5.91 Å². The summed E-state index contributed by atoms with van der Waals surface area (Å²) in [5.41, 5.74) is 0.208. The van der Waals surface area contributed by atoms with Gasteiger partial charge in [0.15, 0.2) is 0 Å². The van der Waals surface area contributed by atoms with Crippen molar-refractivity contribution in [2.24, 2.45) is 0 Å². The van der Waals surface area contributed by atoms with Crippen LogP contribution in [-0.4, -0.2) is 37.8 Å². The minimum absolute atomic E-state index is 0.101. The number of methoxy groups -OCH3 is 1. The lowest BCUT2D eigenvalue weighted by Gasteiger charge is -2.23. The molecule has 0 aromatic heterocycles. The summed E-state index contributed by atoms with van der Waals surface area (Å²) in [4.78, 5) is 24.9. The zero-order chi connectivity index (χ0) is 16.8. The molecule has 0 aliphatic rings. The molecule has 0 unspecified atom stereocenters. The molecule has 1 N–H and O–H groups in total. The van der Waals surface area contributed by atoms with Crippen molar-refractivity contribution in [3.63, 3.8) is 0 Å². The first-order chi connectivity index (χ1) is 10.2. The van der Waals surface area contributed by atoms with Crippen LogP contribution in [0, 0.1) is 0 Å². The van der Waals surface area contributed by atoms with Crippen molar-refractivity contribution in [3.8, 4) is 5.75 Å². The third-order valence-electron chi connectivity index (χ3n) is 2.77. The fraction of sp³-hybridized carbons (Fsp3) is 0.500. The van der Waals surface area contributed by atoms with Crippen molar-refractivity contribution >= 4 is 17.7 Å². The van der Waals surface area contributed by atoms with E-state index in [0.29, 0.717) is 13.1 Å². The van der Waals surface area contributed by atoms with E-state index in [2.05, 4.69) is 5.32 Å². The van der Waals surface area contributed by atoms with Crippen LogP contribution in [0.25, 0.3) is 0 Å². The van der Waals surface area contributed by atoms with Crippen molar-refractivity contribution in [1.29, 1.82) is 0 Å². The summed E-state index contributed by atoms with van der Waals surface area (Å²) in [6.45, 7) is 7.54. The molecule has 1 aromatic carbocycles. The Kier molecular flexibility index (Phi) is 6.22. The van der Waals surface area contributed by atoms with E-state index >= 15 is 0 Å². The summed E-state index contributed by atoms with van der Waals surface area (Å²) in [6, 6.07) is 7.17. The number of benzene rings is 1. The SMILES string of the molecule is COc1ccc(N(CCNC(=O)OC(C)(C)C)C(C)=O)cc1. The molecule has 22 heavy (non-hydrogen) atoms. The quantitative estimate of drug-likeness (QED) is 0.908. The summed E-state index contributed by atoms with van der Waals surface area (Å²) in [5, 5.41) is 2.64. The van der Waals surface area contributed by atoms with E-state index in [1.165, 1.54) is 6.92 Å². The summed E-state index contributed by atoms with van der Waals surface area (Å²) < 4.78 is 10.2. The van der Waals surface area contributed by atoms with E-state index in [0.717, 1.165) is 11.4 Å². The van der Waals surface area contributed by atoms with Gasteiger partial charge >= 0.3 is 6.09 Å². The van der Waals surface area contributed by atoms with Crippen LogP contribution in [0.2, 0.25) is 0 Å². The molecular weight excluding hydrogens is 284 g/mol. The van der Waals surface area contributed by atoms with Gasteiger partial charge in [0.05, 0.1) is 7.11 Å². The number of anilines is 1. The minimum Gasteiger partial charge on any atom is -0.497 e. The van der Waals surface area contributed by atoms with Crippen molar-refractivity contribution in [2.75, 3.05) is 25.1 Å². The summed E-state index contributed by atoms with van der Waals surface area (Å²) in [7, 11) is 1.59. The number of ether oxygens (including phenoxy) is 2. The Morgan fingerprint density at radius 2 is 1.77 bits per heavy atom. The first-order valence-electron chi connectivity index (χ1n) is 7.12. The van der Waals surface area contributed by atoms with E-state index in [9.17, 15) is 9.59 Å². The smallest absolute Gasteiger partial charge is 0.407 e. The van der Waals surface area contributed by atoms with E-state index < -0.39 is 11.7 Å².